The van der Waals surface area contributed by atoms with Gasteiger partial charge >= 0.3 is 0 Å². The molecule has 0 aromatic carbocycles. The summed E-state index contributed by atoms with van der Waals surface area (Å²) < 4.78 is 0. The van der Waals surface area contributed by atoms with Gasteiger partial charge in [0.2, 0.25) is 0 Å². The van der Waals surface area contributed by atoms with Crippen molar-refractivity contribution < 1.29 is 4.79 Å². The van der Waals surface area contributed by atoms with Crippen LogP contribution in [0.3, 0.4) is 0 Å². The van der Waals surface area contributed by atoms with Gasteiger partial charge in [-0.1, -0.05) is 20.8 Å². The molecular weight excluding hydrogens is 114 g/mol. The van der Waals surface area contributed by atoms with Crippen molar-refractivity contribution in [2.75, 3.05) is 6.54 Å². The lowest BCUT2D eigenvalue weighted by molar-refractivity contribution is -0.110. The minimum absolute atomic E-state index is 0.0370. The first-order valence-corrected chi connectivity index (χ1v) is 3.41. The highest BCUT2D eigenvalue weighted by molar-refractivity contribution is 5.57. The van der Waals surface area contributed by atoms with Gasteiger partial charge in [-0.3, -0.25) is 0 Å². The summed E-state index contributed by atoms with van der Waals surface area (Å²) in [6.07, 6.45) is 0.966. The molecule has 0 aliphatic heterocycles. The van der Waals surface area contributed by atoms with E-state index in [2.05, 4.69) is 5.32 Å². The second-order valence-electron chi connectivity index (χ2n) is 2.46. The second kappa shape index (κ2) is 4.50. The number of carbonyl (C=O) groups is 1. The molecule has 0 bridgehead atoms. The average Bonchev–Trinajstić information content (AvgIpc) is 1.82. The molecule has 0 saturated heterocycles. The maximum atomic E-state index is 10.3. The van der Waals surface area contributed by atoms with Crippen LogP contribution in [0.25, 0.3) is 0 Å². The van der Waals surface area contributed by atoms with E-state index in [1.165, 1.54) is 0 Å². The van der Waals surface area contributed by atoms with E-state index in [9.17, 15) is 4.79 Å². The minimum Gasteiger partial charge on any atom is -0.308 e. The summed E-state index contributed by atoms with van der Waals surface area (Å²) >= 11 is 0. The zero-order valence-electron chi connectivity index (χ0n) is 6.35. The summed E-state index contributed by atoms with van der Waals surface area (Å²) in [6, 6.07) is 0.0370. The summed E-state index contributed by atoms with van der Waals surface area (Å²) in [5, 5.41) is 3.06. The molecule has 0 spiro atoms. The van der Waals surface area contributed by atoms with Crippen LogP contribution < -0.4 is 5.32 Å². The Labute approximate surface area is 56.6 Å². The van der Waals surface area contributed by atoms with Crippen molar-refractivity contribution in [3.8, 4) is 0 Å². The van der Waals surface area contributed by atoms with Gasteiger partial charge in [0.15, 0.2) is 0 Å². The van der Waals surface area contributed by atoms with Crippen LogP contribution >= 0.6 is 0 Å². The second-order valence-corrected chi connectivity index (χ2v) is 2.46. The molecule has 0 radical (unpaired) electrons. The van der Waals surface area contributed by atoms with Crippen LogP contribution in [0, 0.1) is 5.92 Å². The van der Waals surface area contributed by atoms with Crippen LogP contribution in [0.5, 0.6) is 0 Å². The van der Waals surface area contributed by atoms with Crippen LogP contribution in [0.2, 0.25) is 0 Å². The first-order chi connectivity index (χ1) is 4.22. The summed E-state index contributed by atoms with van der Waals surface area (Å²) in [5.41, 5.74) is 0. The Morgan fingerprint density at radius 3 is 2.22 bits per heavy atom. The highest BCUT2D eigenvalue weighted by Crippen LogP contribution is 1.96. The van der Waals surface area contributed by atoms with Gasteiger partial charge in [-0.05, 0) is 12.5 Å². The van der Waals surface area contributed by atoms with Gasteiger partial charge < -0.3 is 10.1 Å². The van der Waals surface area contributed by atoms with Crippen molar-refractivity contribution >= 4 is 6.29 Å². The Hall–Kier alpha value is -0.370. The molecule has 1 N–H and O–H groups in total. The van der Waals surface area contributed by atoms with E-state index in [-0.39, 0.29) is 6.04 Å². The smallest absolute Gasteiger partial charge is 0.137 e. The molecule has 2 nitrogen and oxygen atoms in total. The molecule has 0 aliphatic rings. The fraction of sp³-hybridized carbons (Fsp3) is 0.857. The van der Waals surface area contributed by atoms with E-state index in [1.807, 2.05) is 20.8 Å². The van der Waals surface area contributed by atoms with Crippen molar-refractivity contribution in [3.05, 3.63) is 0 Å². The van der Waals surface area contributed by atoms with Gasteiger partial charge in [0, 0.05) is 0 Å². The zero-order valence-corrected chi connectivity index (χ0v) is 6.35. The van der Waals surface area contributed by atoms with Crippen molar-refractivity contribution in [1.82, 2.24) is 5.32 Å². The number of aldehydes is 1. The molecule has 1 unspecified atom stereocenters. The van der Waals surface area contributed by atoms with Gasteiger partial charge in [-0.25, -0.2) is 0 Å². The molecular formula is C7H15NO. The maximum Gasteiger partial charge on any atom is 0.137 e. The Morgan fingerprint density at radius 1 is 1.56 bits per heavy atom. The molecule has 2 heteroatoms. The third-order valence-electron chi connectivity index (χ3n) is 1.30. The molecule has 54 valence electrons. The molecule has 0 heterocycles. The van der Waals surface area contributed by atoms with Crippen molar-refractivity contribution in [3.63, 3.8) is 0 Å². The maximum absolute atomic E-state index is 10.3. The quantitative estimate of drug-likeness (QED) is 0.569. The molecule has 0 rings (SSSR count). The van der Waals surface area contributed by atoms with E-state index >= 15 is 0 Å². The normalized spacial score (nSPS) is 13.8. The number of rotatable bonds is 4. The highest BCUT2D eigenvalue weighted by atomic mass is 16.1. The van der Waals surface area contributed by atoms with Crippen molar-refractivity contribution in [2.24, 2.45) is 5.92 Å². The van der Waals surface area contributed by atoms with Crippen LogP contribution in [0.1, 0.15) is 20.8 Å². The Kier molecular flexibility index (Phi) is 4.32. The fourth-order valence-electron chi connectivity index (χ4n) is 0.677. The topological polar surface area (TPSA) is 29.1 Å². The van der Waals surface area contributed by atoms with Crippen molar-refractivity contribution in [2.45, 2.75) is 26.8 Å². The lowest BCUT2D eigenvalue weighted by atomic mass is 10.1. The van der Waals surface area contributed by atoms with Crippen molar-refractivity contribution in [1.29, 1.82) is 0 Å². The number of carbonyl (C=O) groups excluding carboxylic acids is 1. The van der Waals surface area contributed by atoms with Crippen LogP contribution in [-0.2, 0) is 4.79 Å². The van der Waals surface area contributed by atoms with Gasteiger partial charge in [0.25, 0.3) is 0 Å². The van der Waals surface area contributed by atoms with E-state index in [4.69, 9.17) is 0 Å². The molecule has 1 atom stereocenters. The molecule has 0 aromatic rings. The summed E-state index contributed by atoms with van der Waals surface area (Å²) in [4.78, 5) is 10.3. The lowest BCUT2D eigenvalue weighted by Crippen LogP contribution is -2.34. The SMILES string of the molecule is CCNC(C=O)C(C)C. The number of nitrogens with one attached hydrogen (secondary N) is 1. The van der Waals surface area contributed by atoms with Gasteiger partial charge in [-0.2, -0.15) is 0 Å². The third kappa shape index (κ3) is 3.25. The highest BCUT2D eigenvalue weighted by Gasteiger charge is 2.08. The molecule has 0 aromatic heterocycles. The standard InChI is InChI=1S/C7H15NO/c1-4-8-7(5-9)6(2)3/h5-8H,4H2,1-3H3. The van der Waals surface area contributed by atoms with Gasteiger partial charge in [0.1, 0.15) is 6.29 Å². The Balaban J connectivity index is 3.54. The van der Waals surface area contributed by atoms with Crippen LogP contribution in [0.4, 0.5) is 0 Å². The predicted molar refractivity (Wildman–Crippen MR) is 38.4 cm³/mol. The Bertz CT molecular complexity index is 81.0. The van der Waals surface area contributed by atoms with Gasteiger partial charge in [-0.15, -0.1) is 0 Å². The summed E-state index contributed by atoms with van der Waals surface area (Å²) in [5.74, 6) is 0.405. The summed E-state index contributed by atoms with van der Waals surface area (Å²) in [7, 11) is 0. The molecule has 9 heavy (non-hydrogen) atoms. The molecule has 0 fully saturated rings. The Morgan fingerprint density at radius 2 is 2.11 bits per heavy atom. The number of likely N-dealkylation sites (N-methyl/N-ethyl adjacent to an activating group) is 1. The van der Waals surface area contributed by atoms with Crippen LogP contribution in [0.15, 0.2) is 0 Å². The monoisotopic (exact) mass is 129 g/mol. The lowest BCUT2D eigenvalue weighted by Gasteiger charge is -2.13. The van der Waals surface area contributed by atoms with E-state index < -0.39 is 0 Å². The first-order valence-electron chi connectivity index (χ1n) is 3.41. The fourth-order valence-corrected chi connectivity index (χ4v) is 0.677. The predicted octanol–water partition coefficient (Wildman–Crippen LogP) is 0.819. The summed E-state index contributed by atoms with van der Waals surface area (Å²) in [6.45, 7) is 6.92. The van der Waals surface area contributed by atoms with Crippen LogP contribution in [-0.4, -0.2) is 18.9 Å². The zero-order chi connectivity index (χ0) is 7.28. The molecule has 0 saturated carbocycles. The third-order valence-corrected chi connectivity index (χ3v) is 1.30. The number of hydrogen-bond acceptors (Lipinski definition) is 2. The average molecular weight is 129 g/mol. The largest absolute Gasteiger partial charge is 0.308 e. The van der Waals surface area contributed by atoms with E-state index in [0.717, 1.165) is 12.8 Å². The molecule has 0 aliphatic carbocycles. The minimum atomic E-state index is 0.0370. The van der Waals surface area contributed by atoms with E-state index in [0.29, 0.717) is 5.92 Å². The first kappa shape index (κ1) is 8.63. The molecule has 0 amide bonds. The number of hydrogen-bond donors (Lipinski definition) is 1. The van der Waals surface area contributed by atoms with E-state index in [1.54, 1.807) is 0 Å². The van der Waals surface area contributed by atoms with Gasteiger partial charge in [0.05, 0.1) is 6.04 Å².